The van der Waals surface area contributed by atoms with E-state index in [4.69, 9.17) is 5.73 Å². The van der Waals surface area contributed by atoms with Gasteiger partial charge in [-0.05, 0) is 16.8 Å². The van der Waals surface area contributed by atoms with E-state index in [2.05, 4.69) is 34.3 Å². The number of hydrogen-bond acceptors (Lipinski definition) is 1. The number of rotatable bonds is 2. The predicted molar refractivity (Wildman–Crippen MR) is 93.6 cm³/mol. The SMILES string of the molecule is CN=C(N=C(N)c1ccccc1)c1ccc2ccccc2c1. The maximum absolute atomic E-state index is 6.09. The average Bonchev–Trinajstić information content (AvgIpc) is 2.59. The van der Waals surface area contributed by atoms with Crippen molar-refractivity contribution in [3.63, 3.8) is 0 Å². The summed E-state index contributed by atoms with van der Waals surface area (Å²) in [4.78, 5) is 8.77. The Balaban J connectivity index is 2.00. The standard InChI is InChI=1S/C19H17N3/c1-21-19(22-18(20)15-8-3-2-4-9-15)17-12-11-14-7-5-6-10-16(14)13-17/h2-13H,1H3,(H2,20,21,22). The lowest BCUT2D eigenvalue weighted by Crippen LogP contribution is -2.16. The Bertz CT molecular complexity index is 849. The summed E-state index contributed by atoms with van der Waals surface area (Å²) in [5.74, 6) is 1.10. The van der Waals surface area contributed by atoms with Crippen LogP contribution in [0.3, 0.4) is 0 Å². The maximum Gasteiger partial charge on any atom is 0.156 e. The van der Waals surface area contributed by atoms with E-state index in [1.54, 1.807) is 7.05 Å². The number of hydrogen-bond donors (Lipinski definition) is 1. The first-order valence-corrected chi connectivity index (χ1v) is 7.13. The van der Waals surface area contributed by atoms with Crippen molar-refractivity contribution in [1.82, 2.24) is 0 Å². The van der Waals surface area contributed by atoms with Crippen molar-refractivity contribution in [3.8, 4) is 0 Å². The fraction of sp³-hybridized carbons (Fsp3) is 0.0526. The van der Waals surface area contributed by atoms with Gasteiger partial charge in [-0.25, -0.2) is 4.99 Å². The summed E-state index contributed by atoms with van der Waals surface area (Å²) in [5.41, 5.74) is 7.94. The molecule has 0 aliphatic heterocycles. The molecule has 3 aromatic carbocycles. The lowest BCUT2D eigenvalue weighted by Gasteiger charge is -2.05. The molecule has 3 heteroatoms. The zero-order valence-corrected chi connectivity index (χ0v) is 12.4. The van der Waals surface area contributed by atoms with Crippen LogP contribution in [-0.2, 0) is 0 Å². The third kappa shape index (κ3) is 2.88. The second-order valence-electron chi connectivity index (χ2n) is 4.97. The minimum atomic E-state index is 0.467. The van der Waals surface area contributed by atoms with E-state index in [1.807, 2.05) is 48.5 Å². The zero-order valence-electron chi connectivity index (χ0n) is 12.4. The van der Waals surface area contributed by atoms with E-state index in [-0.39, 0.29) is 0 Å². The van der Waals surface area contributed by atoms with Crippen LogP contribution in [0, 0.1) is 0 Å². The Morgan fingerprint density at radius 3 is 2.18 bits per heavy atom. The van der Waals surface area contributed by atoms with Crippen molar-refractivity contribution in [3.05, 3.63) is 83.9 Å². The fourth-order valence-electron chi connectivity index (χ4n) is 2.36. The van der Waals surface area contributed by atoms with Gasteiger partial charge in [0.1, 0.15) is 5.84 Å². The smallest absolute Gasteiger partial charge is 0.156 e. The monoisotopic (exact) mass is 287 g/mol. The van der Waals surface area contributed by atoms with Gasteiger partial charge in [0.25, 0.3) is 0 Å². The first-order valence-electron chi connectivity index (χ1n) is 7.13. The number of benzene rings is 3. The molecule has 0 amide bonds. The van der Waals surface area contributed by atoms with Crippen LogP contribution in [0.1, 0.15) is 11.1 Å². The Labute approximate surface area is 129 Å². The van der Waals surface area contributed by atoms with Crippen molar-refractivity contribution in [2.45, 2.75) is 0 Å². The normalized spacial score (nSPS) is 12.6. The lowest BCUT2D eigenvalue weighted by molar-refractivity contribution is 1.38. The van der Waals surface area contributed by atoms with Crippen LogP contribution in [-0.4, -0.2) is 18.7 Å². The highest BCUT2D eigenvalue weighted by Gasteiger charge is 2.05. The molecule has 108 valence electrons. The molecule has 0 aliphatic rings. The minimum absolute atomic E-state index is 0.467. The molecular formula is C19H17N3. The van der Waals surface area contributed by atoms with Crippen molar-refractivity contribution >= 4 is 22.4 Å². The van der Waals surface area contributed by atoms with Gasteiger partial charge in [0.2, 0.25) is 0 Å². The molecule has 0 unspecified atom stereocenters. The predicted octanol–water partition coefficient (Wildman–Crippen LogP) is 3.62. The van der Waals surface area contributed by atoms with Gasteiger partial charge in [0, 0.05) is 18.2 Å². The van der Waals surface area contributed by atoms with Gasteiger partial charge in [-0.1, -0.05) is 66.7 Å². The molecule has 0 saturated heterocycles. The molecule has 0 aromatic heterocycles. The Hall–Kier alpha value is -2.94. The fourth-order valence-corrected chi connectivity index (χ4v) is 2.36. The van der Waals surface area contributed by atoms with Gasteiger partial charge in [0.05, 0.1) is 0 Å². The molecular weight excluding hydrogens is 270 g/mol. The molecule has 2 N–H and O–H groups in total. The molecule has 0 fully saturated rings. The Morgan fingerprint density at radius 2 is 1.45 bits per heavy atom. The van der Waals surface area contributed by atoms with Gasteiger partial charge < -0.3 is 5.73 Å². The molecule has 3 rings (SSSR count). The van der Waals surface area contributed by atoms with Crippen LogP contribution in [0.5, 0.6) is 0 Å². The van der Waals surface area contributed by atoms with E-state index < -0.39 is 0 Å². The number of nitrogens with two attached hydrogens (primary N) is 1. The topological polar surface area (TPSA) is 50.7 Å². The second-order valence-corrected chi connectivity index (χ2v) is 4.97. The van der Waals surface area contributed by atoms with E-state index in [9.17, 15) is 0 Å². The molecule has 0 saturated carbocycles. The second kappa shape index (κ2) is 6.22. The van der Waals surface area contributed by atoms with Crippen LogP contribution >= 0.6 is 0 Å². The van der Waals surface area contributed by atoms with Gasteiger partial charge in [0.15, 0.2) is 5.84 Å². The summed E-state index contributed by atoms with van der Waals surface area (Å²) in [6.07, 6.45) is 0. The number of fused-ring (bicyclic) bond motifs is 1. The highest BCUT2D eigenvalue weighted by atomic mass is 14.9. The molecule has 0 bridgehead atoms. The number of nitrogens with zero attached hydrogens (tertiary/aromatic N) is 2. The van der Waals surface area contributed by atoms with Gasteiger partial charge >= 0.3 is 0 Å². The molecule has 3 aromatic rings. The quantitative estimate of drug-likeness (QED) is 0.568. The summed E-state index contributed by atoms with van der Waals surface area (Å²) >= 11 is 0. The van der Waals surface area contributed by atoms with Crippen LogP contribution in [0.15, 0.2) is 82.8 Å². The summed E-state index contributed by atoms with van der Waals surface area (Å²) in [6, 6.07) is 24.1. The molecule has 3 nitrogen and oxygen atoms in total. The lowest BCUT2D eigenvalue weighted by atomic mass is 10.1. The molecule has 0 heterocycles. The largest absolute Gasteiger partial charge is 0.383 e. The van der Waals surface area contributed by atoms with Crippen molar-refractivity contribution < 1.29 is 0 Å². The first kappa shape index (κ1) is 14.0. The molecule has 0 spiro atoms. The molecule has 0 aliphatic carbocycles. The molecule has 0 atom stereocenters. The zero-order chi connectivity index (χ0) is 15.4. The van der Waals surface area contributed by atoms with Crippen molar-refractivity contribution in [1.29, 1.82) is 0 Å². The van der Waals surface area contributed by atoms with Gasteiger partial charge in [-0.2, -0.15) is 0 Å². The highest BCUT2D eigenvalue weighted by molar-refractivity contribution is 6.11. The summed E-state index contributed by atoms with van der Waals surface area (Å²) in [5, 5.41) is 2.36. The summed E-state index contributed by atoms with van der Waals surface area (Å²) in [6.45, 7) is 0. The first-order chi connectivity index (χ1) is 10.8. The third-order valence-electron chi connectivity index (χ3n) is 3.52. The van der Waals surface area contributed by atoms with E-state index in [0.29, 0.717) is 11.7 Å². The van der Waals surface area contributed by atoms with Crippen LogP contribution < -0.4 is 5.73 Å². The minimum Gasteiger partial charge on any atom is -0.383 e. The van der Waals surface area contributed by atoms with E-state index in [0.717, 1.165) is 16.5 Å². The van der Waals surface area contributed by atoms with Crippen LogP contribution in [0.25, 0.3) is 10.8 Å². The maximum atomic E-state index is 6.09. The van der Waals surface area contributed by atoms with Crippen LogP contribution in [0.2, 0.25) is 0 Å². The van der Waals surface area contributed by atoms with Crippen molar-refractivity contribution in [2.24, 2.45) is 15.7 Å². The number of aliphatic imine (C=N–C) groups is 2. The number of amidine groups is 2. The molecule has 22 heavy (non-hydrogen) atoms. The Kier molecular flexibility index (Phi) is 3.97. The molecule has 0 radical (unpaired) electrons. The third-order valence-corrected chi connectivity index (χ3v) is 3.52. The average molecular weight is 287 g/mol. The summed E-state index contributed by atoms with van der Waals surface area (Å²) in [7, 11) is 1.73. The van der Waals surface area contributed by atoms with Crippen molar-refractivity contribution in [2.75, 3.05) is 7.05 Å². The van der Waals surface area contributed by atoms with E-state index >= 15 is 0 Å². The van der Waals surface area contributed by atoms with Gasteiger partial charge in [-0.15, -0.1) is 0 Å². The highest BCUT2D eigenvalue weighted by Crippen LogP contribution is 2.16. The van der Waals surface area contributed by atoms with E-state index in [1.165, 1.54) is 5.39 Å². The summed E-state index contributed by atoms with van der Waals surface area (Å²) < 4.78 is 0. The van der Waals surface area contributed by atoms with Gasteiger partial charge in [-0.3, -0.25) is 4.99 Å². The van der Waals surface area contributed by atoms with Crippen LogP contribution in [0.4, 0.5) is 0 Å². The Morgan fingerprint density at radius 1 is 0.773 bits per heavy atom.